The molecule has 0 saturated carbocycles. The third-order valence-electron chi connectivity index (χ3n) is 3.74. The second-order valence-electron chi connectivity index (χ2n) is 5.19. The van der Waals surface area contributed by atoms with E-state index in [2.05, 4.69) is 24.1 Å². The van der Waals surface area contributed by atoms with Gasteiger partial charge in [0.1, 0.15) is 0 Å². The fraction of sp³-hybridized carbons (Fsp3) is 1.00. The summed E-state index contributed by atoms with van der Waals surface area (Å²) in [6.45, 7) is 11.2. The number of nitrogens with one attached hydrogen (secondary N) is 1. The van der Waals surface area contributed by atoms with Crippen molar-refractivity contribution in [3.63, 3.8) is 0 Å². The Bertz CT molecular complexity index is 167. The Hall–Kier alpha value is -0.0800. The molecule has 0 aromatic carbocycles. The molecule has 1 N–H and O–H groups in total. The molecule has 0 spiro atoms. The lowest BCUT2D eigenvalue weighted by Crippen LogP contribution is -2.55. The Kier molecular flexibility index (Phi) is 2.61. The van der Waals surface area contributed by atoms with Gasteiger partial charge in [0.2, 0.25) is 0 Å². The molecule has 1 atom stereocenters. The average molecular weight is 182 g/mol. The molecule has 0 amide bonds. The molecule has 2 aliphatic heterocycles. The molecular formula is C11H22N2. The Balaban J connectivity index is 1.68. The van der Waals surface area contributed by atoms with Crippen LogP contribution < -0.4 is 5.32 Å². The van der Waals surface area contributed by atoms with Crippen molar-refractivity contribution in [2.75, 3.05) is 32.7 Å². The first-order chi connectivity index (χ1) is 6.22. The van der Waals surface area contributed by atoms with Crippen molar-refractivity contribution in [2.24, 2.45) is 11.3 Å². The van der Waals surface area contributed by atoms with Gasteiger partial charge in [-0.25, -0.2) is 0 Å². The summed E-state index contributed by atoms with van der Waals surface area (Å²) >= 11 is 0. The molecule has 76 valence electrons. The van der Waals surface area contributed by atoms with E-state index in [9.17, 15) is 0 Å². The lowest BCUT2D eigenvalue weighted by molar-refractivity contribution is 0.00315. The average Bonchev–Trinajstić information content (AvgIpc) is 2.54. The van der Waals surface area contributed by atoms with Gasteiger partial charge in [0, 0.05) is 19.6 Å². The summed E-state index contributed by atoms with van der Waals surface area (Å²) in [4.78, 5) is 2.63. The van der Waals surface area contributed by atoms with Crippen LogP contribution in [0.2, 0.25) is 0 Å². The summed E-state index contributed by atoms with van der Waals surface area (Å²) in [5.74, 6) is 0.932. The molecule has 0 bridgehead atoms. The summed E-state index contributed by atoms with van der Waals surface area (Å²) in [6.07, 6.45) is 2.73. The molecular weight excluding hydrogens is 160 g/mol. The molecule has 2 fully saturated rings. The number of rotatable bonds is 3. The molecule has 13 heavy (non-hydrogen) atoms. The van der Waals surface area contributed by atoms with Gasteiger partial charge in [0.05, 0.1) is 0 Å². The third kappa shape index (κ3) is 2.05. The quantitative estimate of drug-likeness (QED) is 0.708. The van der Waals surface area contributed by atoms with Gasteiger partial charge in [-0.05, 0) is 37.3 Å². The molecule has 1 unspecified atom stereocenters. The fourth-order valence-electron chi connectivity index (χ4n) is 2.62. The Morgan fingerprint density at radius 3 is 2.77 bits per heavy atom. The zero-order chi connectivity index (χ0) is 9.31. The van der Waals surface area contributed by atoms with E-state index >= 15 is 0 Å². The minimum Gasteiger partial charge on any atom is -0.316 e. The summed E-state index contributed by atoms with van der Waals surface area (Å²) < 4.78 is 0. The van der Waals surface area contributed by atoms with Crippen LogP contribution in [-0.4, -0.2) is 37.6 Å². The number of hydrogen-bond donors (Lipinski definition) is 1. The van der Waals surface area contributed by atoms with E-state index in [-0.39, 0.29) is 0 Å². The van der Waals surface area contributed by atoms with E-state index in [0.717, 1.165) is 5.92 Å². The van der Waals surface area contributed by atoms with Gasteiger partial charge in [-0.15, -0.1) is 0 Å². The standard InChI is InChI=1S/C11H22N2/c1-3-11(2)8-13(9-11)7-10-4-5-12-6-10/h10,12H,3-9H2,1-2H3. The van der Waals surface area contributed by atoms with Crippen molar-refractivity contribution in [3.8, 4) is 0 Å². The SMILES string of the molecule is CCC1(C)CN(CC2CCNC2)C1. The Morgan fingerprint density at radius 1 is 1.46 bits per heavy atom. The maximum absolute atomic E-state index is 3.43. The minimum absolute atomic E-state index is 0.645. The summed E-state index contributed by atoms with van der Waals surface area (Å²) in [5, 5.41) is 3.43. The van der Waals surface area contributed by atoms with E-state index in [1.54, 1.807) is 0 Å². The highest BCUT2D eigenvalue weighted by Crippen LogP contribution is 2.33. The largest absolute Gasteiger partial charge is 0.316 e. The maximum Gasteiger partial charge on any atom is 0.00478 e. The van der Waals surface area contributed by atoms with Crippen LogP contribution in [0.25, 0.3) is 0 Å². The van der Waals surface area contributed by atoms with E-state index in [1.807, 2.05) is 0 Å². The van der Waals surface area contributed by atoms with Crippen LogP contribution in [0.15, 0.2) is 0 Å². The first-order valence-corrected chi connectivity index (χ1v) is 5.65. The van der Waals surface area contributed by atoms with Crippen molar-refractivity contribution in [2.45, 2.75) is 26.7 Å². The lowest BCUT2D eigenvalue weighted by Gasteiger charge is -2.48. The fourth-order valence-corrected chi connectivity index (χ4v) is 2.62. The van der Waals surface area contributed by atoms with Gasteiger partial charge < -0.3 is 10.2 Å². The lowest BCUT2D eigenvalue weighted by atomic mass is 9.79. The monoisotopic (exact) mass is 182 g/mol. The maximum atomic E-state index is 3.43. The molecule has 2 heterocycles. The topological polar surface area (TPSA) is 15.3 Å². The first-order valence-electron chi connectivity index (χ1n) is 5.65. The van der Waals surface area contributed by atoms with Crippen molar-refractivity contribution >= 4 is 0 Å². The molecule has 0 aromatic rings. The normalized spacial score (nSPS) is 33.2. The van der Waals surface area contributed by atoms with Gasteiger partial charge in [-0.3, -0.25) is 0 Å². The zero-order valence-corrected chi connectivity index (χ0v) is 8.97. The first kappa shape index (κ1) is 9.47. The van der Waals surface area contributed by atoms with Crippen LogP contribution in [0.5, 0.6) is 0 Å². The van der Waals surface area contributed by atoms with E-state index in [0.29, 0.717) is 5.41 Å². The highest BCUT2D eigenvalue weighted by molar-refractivity contribution is 4.91. The van der Waals surface area contributed by atoms with Crippen molar-refractivity contribution in [1.82, 2.24) is 10.2 Å². The molecule has 0 aromatic heterocycles. The number of hydrogen-bond acceptors (Lipinski definition) is 2. The summed E-state index contributed by atoms with van der Waals surface area (Å²) in [5.41, 5.74) is 0.645. The van der Waals surface area contributed by atoms with Crippen molar-refractivity contribution < 1.29 is 0 Å². The molecule has 2 heteroatoms. The highest BCUT2D eigenvalue weighted by Gasteiger charge is 2.37. The molecule has 2 aliphatic rings. The second kappa shape index (κ2) is 3.58. The second-order valence-corrected chi connectivity index (χ2v) is 5.19. The number of likely N-dealkylation sites (tertiary alicyclic amines) is 1. The van der Waals surface area contributed by atoms with Crippen molar-refractivity contribution in [1.29, 1.82) is 0 Å². The van der Waals surface area contributed by atoms with E-state index in [4.69, 9.17) is 0 Å². The Morgan fingerprint density at radius 2 is 2.23 bits per heavy atom. The van der Waals surface area contributed by atoms with Crippen LogP contribution in [0, 0.1) is 11.3 Å². The van der Waals surface area contributed by atoms with Crippen LogP contribution in [0.3, 0.4) is 0 Å². The molecule has 2 rings (SSSR count). The van der Waals surface area contributed by atoms with E-state index in [1.165, 1.54) is 45.6 Å². The minimum atomic E-state index is 0.645. The van der Waals surface area contributed by atoms with Gasteiger partial charge >= 0.3 is 0 Å². The molecule has 2 nitrogen and oxygen atoms in total. The summed E-state index contributed by atoms with van der Waals surface area (Å²) in [7, 11) is 0. The van der Waals surface area contributed by atoms with Crippen LogP contribution in [0.4, 0.5) is 0 Å². The predicted molar refractivity (Wildman–Crippen MR) is 55.8 cm³/mol. The molecule has 2 saturated heterocycles. The predicted octanol–water partition coefficient (Wildman–Crippen LogP) is 1.33. The smallest absolute Gasteiger partial charge is 0.00478 e. The molecule has 0 aliphatic carbocycles. The van der Waals surface area contributed by atoms with Crippen LogP contribution in [-0.2, 0) is 0 Å². The van der Waals surface area contributed by atoms with Crippen LogP contribution >= 0.6 is 0 Å². The van der Waals surface area contributed by atoms with Crippen LogP contribution in [0.1, 0.15) is 26.7 Å². The molecule has 0 radical (unpaired) electrons. The zero-order valence-electron chi connectivity index (χ0n) is 8.97. The number of nitrogens with zero attached hydrogens (tertiary/aromatic N) is 1. The van der Waals surface area contributed by atoms with E-state index < -0.39 is 0 Å². The van der Waals surface area contributed by atoms with Gasteiger partial charge in [0.25, 0.3) is 0 Å². The van der Waals surface area contributed by atoms with Gasteiger partial charge in [-0.2, -0.15) is 0 Å². The van der Waals surface area contributed by atoms with Gasteiger partial charge in [0.15, 0.2) is 0 Å². The van der Waals surface area contributed by atoms with Gasteiger partial charge in [-0.1, -0.05) is 13.8 Å². The van der Waals surface area contributed by atoms with Crippen molar-refractivity contribution in [3.05, 3.63) is 0 Å². The third-order valence-corrected chi connectivity index (χ3v) is 3.74. The summed E-state index contributed by atoms with van der Waals surface area (Å²) in [6, 6.07) is 0. The Labute approximate surface area is 81.7 Å². The highest BCUT2D eigenvalue weighted by atomic mass is 15.2.